The van der Waals surface area contributed by atoms with Gasteiger partial charge in [-0.1, -0.05) is 29.8 Å². The van der Waals surface area contributed by atoms with Crippen molar-refractivity contribution >= 4 is 39.1 Å². The van der Waals surface area contributed by atoms with Crippen molar-refractivity contribution in [1.82, 2.24) is 20.8 Å². The molecule has 0 saturated heterocycles. The van der Waals surface area contributed by atoms with Gasteiger partial charge in [0.2, 0.25) is 0 Å². The number of para-hydroxylation sites is 1. The number of halogens is 1. The molecule has 2 aromatic carbocycles. The number of hydrogen-bond acceptors (Lipinski definition) is 6. The normalized spacial score (nSPS) is 10.8. The van der Waals surface area contributed by atoms with Crippen LogP contribution in [0.25, 0.3) is 0 Å². The molecule has 11 heteroatoms. The molecule has 0 unspecified atom stereocenters. The Kier molecular flexibility index (Phi) is 6.05. The van der Waals surface area contributed by atoms with Gasteiger partial charge in [-0.3, -0.25) is 30.1 Å². The van der Waals surface area contributed by atoms with Gasteiger partial charge in [0, 0.05) is 18.0 Å². The summed E-state index contributed by atoms with van der Waals surface area (Å²) in [7, 11) is -3.99. The van der Waals surface area contributed by atoms with Gasteiger partial charge >= 0.3 is 0 Å². The van der Waals surface area contributed by atoms with Gasteiger partial charge in [0.25, 0.3) is 21.8 Å². The van der Waals surface area contributed by atoms with Gasteiger partial charge in [-0.05, 0) is 30.3 Å². The number of anilines is 1. The second kappa shape index (κ2) is 8.67. The fourth-order valence-electron chi connectivity index (χ4n) is 2.22. The van der Waals surface area contributed by atoms with Crippen LogP contribution in [0.1, 0.15) is 20.8 Å². The molecule has 0 bridgehead atoms. The second-order valence-electron chi connectivity index (χ2n) is 5.61. The largest absolute Gasteiger partial charge is 0.289 e. The van der Waals surface area contributed by atoms with Crippen LogP contribution in [0, 0.1) is 0 Å². The third kappa shape index (κ3) is 5.06. The zero-order valence-electron chi connectivity index (χ0n) is 14.7. The van der Waals surface area contributed by atoms with Crippen LogP contribution < -0.4 is 15.6 Å². The highest BCUT2D eigenvalue weighted by atomic mass is 35.5. The van der Waals surface area contributed by atoms with E-state index in [1.807, 2.05) is 0 Å². The Morgan fingerprint density at radius 2 is 1.69 bits per heavy atom. The van der Waals surface area contributed by atoms with Gasteiger partial charge in [-0.2, -0.15) is 0 Å². The second-order valence-corrected chi connectivity index (χ2v) is 7.70. The van der Waals surface area contributed by atoms with Crippen LogP contribution >= 0.6 is 11.6 Å². The van der Waals surface area contributed by atoms with Gasteiger partial charge in [-0.15, -0.1) is 0 Å². The monoisotopic (exact) mass is 431 g/mol. The molecule has 29 heavy (non-hydrogen) atoms. The zero-order chi connectivity index (χ0) is 20.9. The van der Waals surface area contributed by atoms with Crippen molar-refractivity contribution in [3.8, 4) is 0 Å². The predicted molar refractivity (Wildman–Crippen MR) is 106 cm³/mol. The number of nitrogens with zero attached hydrogens (tertiary/aromatic N) is 2. The highest BCUT2D eigenvalue weighted by Gasteiger charge is 2.18. The summed E-state index contributed by atoms with van der Waals surface area (Å²) in [6.45, 7) is 0. The maximum Gasteiger partial charge on any atom is 0.289 e. The minimum absolute atomic E-state index is 0.00747. The van der Waals surface area contributed by atoms with Crippen LogP contribution in [0.15, 0.2) is 72.0 Å². The van der Waals surface area contributed by atoms with E-state index in [9.17, 15) is 18.0 Å². The summed E-state index contributed by atoms with van der Waals surface area (Å²) >= 11 is 5.98. The number of amides is 2. The molecule has 0 aliphatic heterocycles. The summed E-state index contributed by atoms with van der Waals surface area (Å²) in [6.07, 6.45) is 3.96. The molecule has 0 saturated carbocycles. The Bertz CT molecular complexity index is 1160. The fourth-order valence-corrected chi connectivity index (χ4v) is 3.58. The molecule has 148 valence electrons. The summed E-state index contributed by atoms with van der Waals surface area (Å²) in [4.78, 5) is 31.6. The molecule has 9 nitrogen and oxygen atoms in total. The molecule has 0 radical (unpaired) electrons. The summed E-state index contributed by atoms with van der Waals surface area (Å²) < 4.78 is 27.6. The lowest BCUT2D eigenvalue weighted by molar-refractivity contribution is 0.0843. The van der Waals surface area contributed by atoms with E-state index in [-0.39, 0.29) is 26.9 Å². The number of hydrazine groups is 1. The van der Waals surface area contributed by atoms with Crippen LogP contribution in [0.5, 0.6) is 0 Å². The van der Waals surface area contributed by atoms with Crippen LogP contribution in [0.4, 0.5) is 5.69 Å². The van der Waals surface area contributed by atoms with Crippen molar-refractivity contribution in [2.45, 2.75) is 4.90 Å². The molecule has 1 heterocycles. The van der Waals surface area contributed by atoms with E-state index < -0.39 is 21.8 Å². The van der Waals surface area contributed by atoms with Crippen LogP contribution in [0.3, 0.4) is 0 Å². The first-order chi connectivity index (χ1) is 13.9. The number of hydrogen-bond donors (Lipinski definition) is 3. The summed E-state index contributed by atoms with van der Waals surface area (Å²) in [5.74, 6) is -1.38. The third-order valence-corrected chi connectivity index (χ3v) is 5.30. The molecular weight excluding hydrogens is 418 g/mol. The standard InChI is InChI=1S/C18H14ClN5O4S/c19-14-6-1-2-7-15(14)24-29(27,28)13-5-3-4-12(10-13)17(25)22-23-18(26)16-11-20-8-9-21-16/h1-11,24H,(H,22,25)(H,23,26). The average Bonchev–Trinajstić information content (AvgIpc) is 2.74. The number of carbonyl (C=O) groups is 2. The maximum absolute atomic E-state index is 12.6. The smallest absolute Gasteiger partial charge is 0.278 e. The fraction of sp³-hybridized carbons (Fsp3) is 0. The van der Waals surface area contributed by atoms with Gasteiger partial charge < -0.3 is 0 Å². The minimum Gasteiger partial charge on any atom is -0.278 e. The van der Waals surface area contributed by atoms with Crippen molar-refractivity contribution in [1.29, 1.82) is 0 Å². The lowest BCUT2D eigenvalue weighted by Gasteiger charge is -2.11. The molecule has 3 aromatic rings. The summed E-state index contributed by atoms with van der Waals surface area (Å²) in [6, 6.07) is 11.7. The van der Waals surface area contributed by atoms with Crippen molar-refractivity contribution in [3.63, 3.8) is 0 Å². The maximum atomic E-state index is 12.6. The van der Waals surface area contributed by atoms with E-state index in [0.29, 0.717) is 0 Å². The number of nitrogens with one attached hydrogen (secondary N) is 3. The Morgan fingerprint density at radius 1 is 0.931 bits per heavy atom. The van der Waals surface area contributed by atoms with Crippen LogP contribution in [-0.2, 0) is 10.0 Å². The van der Waals surface area contributed by atoms with Crippen LogP contribution in [-0.4, -0.2) is 30.2 Å². The Balaban J connectivity index is 1.72. The van der Waals surface area contributed by atoms with Crippen molar-refractivity contribution in [2.75, 3.05) is 4.72 Å². The number of carbonyl (C=O) groups excluding carboxylic acids is 2. The number of aromatic nitrogens is 2. The first-order valence-corrected chi connectivity index (χ1v) is 9.97. The molecule has 2 amide bonds. The molecule has 3 rings (SSSR count). The van der Waals surface area contributed by atoms with Crippen LogP contribution in [0.2, 0.25) is 5.02 Å². The minimum atomic E-state index is -3.99. The number of rotatable bonds is 5. The summed E-state index contributed by atoms with van der Waals surface area (Å²) in [5, 5.41) is 0.233. The van der Waals surface area contributed by atoms with Gasteiger partial charge in [-0.25, -0.2) is 13.4 Å². The highest BCUT2D eigenvalue weighted by Crippen LogP contribution is 2.24. The molecular formula is C18H14ClN5O4S. The van der Waals surface area contributed by atoms with E-state index in [4.69, 9.17) is 11.6 Å². The van der Waals surface area contributed by atoms with Gasteiger partial charge in [0.15, 0.2) is 0 Å². The lowest BCUT2D eigenvalue weighted by Crippen LogP contribution is -2.42. The van der Waals surface area contributed by atoms with Crippen molar-refractivity contribution in [3.05, 3.63) is 83.4 Å². The van der Waals surface area contributed by atoms with E-state index in [2.05, 4.69) is 25.5 Å². The molecule has 0 spiro atoms. The molecule has 0 atom stereocenters. The van der Waals surface area contributed by atoms with E-state index in [1.165, 1.54) is 48.9 Å². The molecule has 3 N–H and O–H groups in total. The van der Waals surface area contributed by atoms with Gasteiger partial charge in [0.1, 0.15) is 5.69 Å². The molecule has 1 aromatic heterocycles. The lowest BCUT2D eigenvalue weighted by atomic mass is 10.2. The third-order valence-electron chi connectivity index (χ3n) is 3.61. The number of benzene rings is 2. The first kappa shape index (κ1) is 20.2. The SMILES string of the molecule is O=C(NNC(=O)c1cnccn1)c1cccc(S(=O)(=O)Nc2ccccc2Cl)c1. The van der Waals surface area contributed by atoms with Gasteiger partial charge in [0.05, 0.1) is 21.8 Å². The Hall–Kier alpha value is -3.50. The Morgan fingerprint density at radius 3 is 2.41 bits per heavy atom. The Labute approximate surface area is 171 Å². The van der Waals surface area contributed by atoms with E-state index in [0.717, 1.165) is 0 Å². The number of sulfonamides is 1. The molecule has 0 aliphatic carbocycles. The quantitative estimate of drug-likeness (QED) is 0.530. The zero-order valence-corrected chi connectivity index (χ0v) is 16.2. The van der Waals surface area contributed by atoms with Crippen molar-refractivity contribution < 1.29 is 18.0 Å². The first-order valence-electron chi connectivity index (χ1n) is 8.11. The average molecular weight is 432 g/mol. The molecule has 0 aliphatic rings. The topological polar surface area (TPSA) is 130 Å². The van der Waals surface area contributed by atoms with E-state index >= 15 is 0 Å². The molecule has 0 fully saturated rings. The predicted octanol–water partition coefficient (Wildman–Crippen LogP) is 2.01. The highest BCUT2D eigenvalue weighted by molar-refractivity contribution is 7.92. The van der Waals surface area contributed by atoms with E-state index in [1.54, 1.807) is 18.2 Å². The summed E-state index contributed by atoms with van der Waals surface area (Å²) in [5.41, 5.74) is 4.61. The van der Waals surface area contributed by atoms with Crippen molar-refractivity contribution in [2.24, 2.45) is 0 Å².